The van der Waals surface area contributed by atoms with E-state index in [-0.39, 0.29) is 35.5 Å². The molecule has 1 unspecified atom stereocenters. The van der Waals surface area contributed by atoms with Gasteiger partial charge in [-0.15, -0.1) is 12.6 Å². The molecule has 218 valence electrons. The number of aryl methyl sites for hydroxylation is 1. The lowest BCUT2D eigenvalue weighted by molar-refractivity contribution is -0.127. The number of carbonyl (C=O) groups is 1. The molecule has 0 bridgehead atoms. The number of hydrogen-bond donors (Lipinski definition) is 4. The summed E-state index contributed by atoms with van der Waals surface area (Å²) in [7, 11) is 3.55. The number of likely N-dealkylation sites (N-methyl/N-ethyl adjacent to an activating group) is 1. The van der Waals surface area contributed by atoms with Gasteiger partial charge >= 0.3 is 0 Å². The average Bonchev–Trinajstić information content (AvgIpc) is 3.48. The number of aliphatic imine (C=N–C) groups is 1. The summed E-state index contributed by atoms with van der Waals surface area (Å²) in [4.78, 5) is 33.0. The van der Waals surface area contributed by atoms with Gasteiger partial charge < -0.3 is 20.3 Å². The molecule has 9 heteroatoms. The third-order valence-electron chi connectivity index (χ3n) is 8.76. The minimum atomic E-state index is -0.805. The van der Waals surface area contributed by atoms with E-state index < -0.39 is 6.23 Å². The Bertz CT molecular complexity index is 1300. The van der Waals surface area contributed by atoms with Crippen molar-refractivity contribution in [3.63, 3.8) is 0 Å². The SMILES string of the molecule is CC[C@H](NC)C(=O)N[C@@H](C1CCCCC1)C(O)N1CCC[C@H]1C(C)=N/C(=C\S)c1cn(C)c(=O)c2ccccc12. The second-order valence-electron chi connectivity index (χ2n) is 11.3. The normalized spacial score (nSPS) is 21.9. The van der Waals surface area contributed by atoms with Crippen LogP contribution >= 0.6 is 12.6 Å². The van der Waals surface area contributed by atoms with Gasteiger partial charge in [-0.3, -0.25) is 19.5 Å². The van der Waals surface area contributed by atoms with E-state index in [2.05, 4.69) is 28.2 Å². The van der Waals surface area contributed by atoms with Gasteiger partial charge in [0.15, 0.2) is 0 Å². The first-order chi connectivity index (χ1) is 19.3. The van der Waals surface area contributed by atoms with Gasteiger partial charge in [0.25, 0.3) is 5.56 Å². The maximum atomic E-state index is 13.1. The molecule has 4 atom stereocenters. The molecule has 1 aromatic heterocycles. The summed E-state index contributed by atoms with van der Waals surface area (Å²) in [6, 6.07) is 6.87. The van der Waals surface area contributed by atoms with E-state index in [0.29, 0.717) is 17.5 Å². The van der Waals surface area contributed by atoms with Gasteiger partial charge in [0.2, 0.25) is 5.91 Å². The molecule has 1 aliphatic carbocycles. The predicted molar refractivity (Wildman–Crippen MR) is 167 cm³/mol. The topological polar surface area (TPSA) is 99.0 Å². The van der Waals surface area contributed by atoms with E-state index in [1.54, 1.807) is 24.1 Å². The Morgan fingerprint density at radius 3 is 2.52 bits per heavy atom. The molecule has 2 aromatic rings. The second-order valence-corrected chi connectivity index (χ2v) is 11.5. The molecular formula is C31H45N5O3S. The molecule has 4 rings (SSSR count). The number of benzene rings is 1. The first kappa shape index (κ1) is 30.5. The van der Waals surface area contributed by atoms with Crippen molar-refractivity contribution in [3.8, 4) is 0 Å². The average molecular weight is 568 g/mol. The van der Waals surface area contributed by atoms with Gasteiger partial charge in [0.1, 0.15) is 6.23 Å². The summed E-state index contributed by atoms with van der Waals surface area (Å²) < 4.78 is 1.58. The number of thiol groups is 1. The second kappa shape index (κ2) is 13.9. The molecule has 8 nitrogen and oxygen atoms in total. The molecule has 0 spiro atoms. The van der Waals surface area contributed by atoms with Crippen LogP contribution in [0.2, 0.25) is 0 Å². The maximum absolute atomic E-state index is 13.1. The number of rotatable bonds is 10. The quantitative estimate of drug-likeness (QED) is 0.256. The van der Waals surface area contributed by atoms with Crippen LogP contribution in [0.25, 0.3) is 16.5 Å². The van der Waals surface area contributed by atoms with Crippen molar-refractivity contribution in [3.05, 3.63) is 51.8 Å². The van der Waals surface area contributed by atoms with Gasteiger partial charge in [-0.25, -0.2) is 0 Å². The summed E-state index contributed by atoms with van der Waals surface area (Å²) in [5.41, 5.74) is 2.33. The van der Waals surface area contributed by atoms with Crippen LogP contribution in [0.5, 0.6) is 0 Å². The first-order valence-electron chi connectivity index (χ1n) is 14.7. The van der Waals surface area contributed by atoms with Crippen molar-refractivity contribution in [1.29, 1.82) is 0 Å². The van der Waals surface area contributed by atoms with E-state index in [4.69, 9.17) is 4.99 Å². The van der Waals surface area contributed by atoms with Crippen LogP contribution in [0.3, 0.4) is 0 Å². The third kappa shape index (κ3) is 6.54. The van der Waals surface area contributed by atoms with Gasteiger partial charge in [-0.2, -0.15) is 0 Å². The lowest BCUT2D eigenvalue weighted by Crippen LogP contribution is -2.59. The molecule has 3 N–H and O–H groups in total. The fraction of sp³-hybridized carbons (Fsp3) is 0.581. The molecule has 2 fully saturated rings. The Balaban J connectivity index is 1.63. The Kier molecular flexibility index (Phi) is 10.6. The molecule has 2 heterocycles. The number of carbonyl (C=O) groups excluding carboxylic acids is 1. The number of nitrogens with zero attached hydrogens (tertiary/aromatic N) is 3. The smallest absolute Gasteiger partial charge is 0.258 e. The number of aliphatic hydroxyl groups excluding tert-OH is 1. The van der Waals surface area contributed by atoms with Crippen LogP contribution < -0.4 is 16.2 Å². The molecule has 2 aliphatic rings. The predicted octanol–water partition coefficient (Wildman–Crippen LogP) is 4.07. The fourth-order valence-electron chi connectivity index (χ4n) is 6.52. The van der Waals surface area contributed by atoms with Gasteiger partial charge in [0.05, 0.1) is 23.8 Å². The fourth-order valence-corrected chi connectivity index (χ4v) is 6.72. The van der Waals surface area contributed by atoms with Crippen LogP contribution in [0, 0.1) is 5.92 Å². The van der Waals surface area contributed by atoms with Gasteiger partial charge in [0, 0.05) is 36.5 Å². The van der Waals surface area contributed by atoms with Crippen molar-refractivity contribution in [1.82, 2.24) is 20.1 Å². The van der Waals surface area contributed by atoms with Crippen molar-refractivity contribution in [2.45, 2.75) is 89.6 Å². The van der Waals surface area contributed by atoms with Crippen molar-refractivity contribution >= 4 is 40.7 Å². The number of amides is 1. The standard InChI is InChI=1S/C31H45N5O3S/c1-5-25(32-3)29(37)34-28(21-12-7-6-8-13-21)31(39)36-17-11-16-27(36)20(2)33-26(19-40)24-18-35(4)30(38)23-15-10-9-14-22(23)24/h9-10,14-15,18-19,21,25,27-28,31-32,39-40H,5-8,11-13,16-17H2,1-4H3,(H,34,37)/b26-19-,33-20?/t25-,27-,28-,31?/m0/s1. The van der Waals surface area contributed by atoms with Crippen molar-refractivity contribution < 1.29 is 9.90 Å². The highest BCUT2D eigenvalue weighted by atomic mass is 32.1. The maximum Gasteiger partial charge on any atom is 0.258 e. The minimum Gasteiger partial charge on any atom is -0.376 e. The summed E-state index contributed by atoms with van der Waals surface area (Å²) >= 11 is 4.50. The Hall–Kier alpha value is -2.46. The molecule has 1 aliphatic heterocycles. The number of pyridine rings is 1. The number of hydrogen-bond acceptors (Lipinski definition) is 7. The third-order valence-corrected chi connectivity index (χ3v) is 9.01. The van der Waals surface area contributed by atoms with E-state index in [0.717, 1.165) is 61.7 Å². The highest BCUT2D eigenvalue weighted by Crippen LogP contribution is 2.32. The van der Waals surface area contributed by atoms with E-state index in [1.165, 1.54) is 6.42 Å². The van der Waals surface area contributed by atoms with E-state index in [1.807, 2.05) is 44.3 Å². The van der Waals surface area contributed by atoms with Gasteiger partial charge in [-0.1, -0.05) is 44.4 Å². The zero-order chi connectivity index (χ0) is 28.8. The molecule has 0 radical (unpaired) electrons. The summed E-state index contributed by atoms with van der Waals surface area (Å²) in [5, 5.41) is 21.3. The van der Waals surface area contributed by atoms with Crippen molar-refractivity contribution in [2.75, 3.05) is 13.6 Å². The van der Waals surface area contributed by atoms with Crippen LogP contribution in [-0.2, 0) is 11.8 Å². The zero-order valence-electron chi connectivity index (χ0n) is 24.3. The lowest BCUT2D eigenvalue weighted by Gasteiger charge is -2.40. The van der Waals surface area contributed by atoms with E-state index in [9.17, 15) is 14.7 Å². The monoisotopic (exact) mass is 567 g/mol. The summed E-state index contributed by atoms with van der Waals surface area (Å²) in [5.74, 6) is 0.188. The molecule has 1 amide bonds. The highest BCUT2D eigenvalue weighted by Gasteiger charge is 2.40. The molecule has 40 heavy (non-hydrogen) atoms. The van der Waals surface area contributed by atoms with Crippen molar-refractivity contribution in [2.24, 2.45) is 18.0 Å². The van der Waals surface area contributed by atoms with Crippen LogP contribution in [0.1, 0.15) is 70.8 Å². The Labute approximate surface area is 243 Å². The van der Waals surface area contributed by atoms with Crippen LogP contribution in [0.15, 0.2) is 45.7 Å². The van der Waals surface area contributed by atoms with Gasteiger partial charge in [-0.05, 0) is 68.9 Å². The van der Waals surface area contributed by atoms with Crippen LogP contribution in [0.4, 0.5) is 0 Å². The number of likely N-dealkylation sites (tertiary alicyclic amines) is 1. The van der Waals surface area contributed by atoms with E-state index >= 15 is 0 Å². The molecule has 1 saturated heterocycles. The molecule has 1 aromatic carbocycles. The highest BCUT2D eigenvalue weighted by molar-refractivity contribution is 7.83. The summed E-state index contributed by atoms with van der Waals surface area (Å²) in [6.07, 6.45) is 8.99. The number of aliphatic hydroxyl groups is 1. The first-order valence-corrected chi connectivity index (χ1v) is 15.2. The summed E-state index contributed by atoms with van der Waals surface area (Å²) in [6.45, 7) is 4.73. The minimum absolute atomic E-state index is 0.0527. The van der Waals surface area contributed by atoms with Crippen LogP contribution in [-0.4, -0.2) is 64.1 Å². The number of fused-ring (bicyclic) bond motifs is 1. The molecule has 1 saturated carbocycles. The largest absolute Gasteiger partial charge is 0.376 e. The number of nitrogens with one attached hydrogen (secondary N) is 2. The Morgan fingerprint density at radius 2 is 1.88 bits per heavy atom. The number of aromatic nitrogens is 1. The Morgan fingerprint density at radius 1 is 1.18 bits per heavy atom. The molecular weight excluding hydrogens is 522 g/mol. The zero-order valence-corrected chi connectivity index (χ0v) is 25.2. The lowest BCUT2D eigenvalue weighted by atomic mass is 9.82.